The number of nitrogens with zero attached hydrogens (tertiary/aromatic N) is 4. The van der Waals surface area contributed by atoms with Crippen LogP contribution in [0, 0.1) is 6.92 Å². The maximum Gasteiger partial charge on any atom is 0.206 e. The van der Waals surface area contributed by atoms with Crippen molar-refractivity contribution in [3.63, 3.8) is 0 Å². The zero-order valence-corrected chi connectivity index (χ0v) is 13.1. The minimum atomic E-state index is 0.469. The average Bonchev–Trinajstić information content (AvgIpc) is 2.87. The van der Waals surface area contributed by atoms with Gasteiger partial charge >= 0.3 is 0 Å². The molecule has 0 unspecified atom stereocenters. The first-order valence-corrected chi connectivity index (χ1v) is 8.36. The van der Waals surface area contributed by atoms with Gasteiger partial charge in [0.2, 0.25) is 4.80 Å². The van der Waals surface area contributed by atoms with E-state index in [1.807, 2.05) is 29.2 Å². The highest BCUT2D eigenvalue weighted by Crippen LogP contribution is 2.19. The van der Waals surface area contributed by atoms with Gasteiger partial charge in [-0.3, -0.25) is 9.98 Å². The van der Waals surface area contributed by atoms with Crippen molar-refractivity contribution >= 4 is 17.6 Å². The first-order chi connectivity index (χ1) is 10.3. The zero-order valence-electron chi connectivity index (χ0n) is 12.3. The van der Waals surface area contributed by atoms with Crippen LogP contribution in [-0.4, -0.2) is 21.9 Å². The van der Waals surface area contributed by atoms with Crippen LogP contribution in [-0.2, 0) is 0 Å². The predicted molar refractivity (Wildman–Crippen MR) is 86.7 cm³/mol. The number of rotatable bonds is 3. The summed E-state index contributed by atoms with van der Waals surface area (Å²) in [7, 11) is 0. The minimum absolute atomic E-state index is 0.469. The Labute approximate surface area is 128 Å². The Bertz CT molecular complexity index is 663. The highest BCUT2D eigenvalue weighted by Gasteiger charge is 2.12. The number of hydrogen-bond donors (Lipinski definition) is 0. The van der Waals surface area contributed by atoms with Crippen LogP contribution in [0.3, 0.4) is 0 Å². The maximum absolute atomic E-state index is 4.90. The normalized spacial score (nSPS) is 17.7. The molecule has 110 valence electrons. The molecule has 0 aromatic carbocycles. The number of aromatic nitrogens is 2. The largest absolute Gasteiger partial charge is 0.264 e. The van der Waals surface area contributed by atoms with E-state index in [9.17, 15) is 0 Å². The summed E-state index contributed by atoms with van der Waals surface area (Å²) >= 11 is 1.67. The van der Waals surface area contributed by atoms with Crippen molar-refractivity contribution in [1.82, 2.24) is 9.66 Å². The molecular weight excluding hydrogens is 280 g/mol. The van der Waals surface area contributed by atoms with E-state index in [1.54, 1.807) is 17.5 Å². The molecule has 1 saturated carbocycles. The van der Waals surface area contributed by atoms with Gasteiger partial charge in [0.15, 0.2) is 0 Å². The molecule has 2 heterocycles. The second-order valence-electron chi connectivity index (χ2n) is 5.42. The van der Waals surface area contributed by atoms with Crippen LogP contribution in [0.1, 0.15) is 43.4 Å². The van der Waals surface area contributed by atoms with Gasteiger partial charge in [0, 0.05) is 23.3 Å². The lowest BCUT2D eigenvalue weighted by molar-refractivity contribution is 0.435. The molecule has 1 aliphatic carbocycles. The van der Waals surface area contributed by atoms with Gasteiger partial charge in [0.1, 0.15) is 0 Å². The Morgan fingerprint density at radius 2 is 2.19 bits per heavy atom. The van der Waals surface area contributed by atoms with Gasteiger partial charge in [0.05, 0.1) is 18.0 Å². The smallest absolute Gasteiger partial charge is 0.206 e. The van der Waals surface area contributed by atoms with Gasteiger partial charge in [-0.25, -0.2) is 4.68 Å². The highest BCUT2D eigenvalue weighted by molar-refractivity contribution is 7.07. The van der Waals surface area contributed by atoms with Crippen LogP contribution < -0.4 is 4.80 Å². The van der Waals surface area contributed by atoms with Crippen molar-refractivity contribution in [1.29, 1.82) is 0 Å². The molecule has 3 rings (SSSR count). The topological polar surface area (TPSA) is 42.5 Å². The molecule has 0 spiro atoms. The summed E-state index contributed by atoms with van der Waals surface area (Å²) in [5.74, 6) is 0. The fourth-order valence-electron chi connectivity index (χ4n) is 2.56. The molecular formula is C16H20N4S. The molecule has 0 atom stereocenters. The first-order valence-electron chi connectivity index (χ1n) is 7.48. The van der Waals surface area contributed by atoms with Crippen molar-refractivity contribution in [3.05, 3.63) is 46.0 Å². The van der Waals surface area contributed by atoms with Gasteiger partial charge < -0.3 is 0 Å². The van der Waals surface area contributed by atoms with E-state index >= 15 is 0 Å². The number of aryl methyl sites for hydroxylation is 1. The predicted octanol–water partition coefficient (Wildman–Crippen LogP) is 3.37. The van der Waals surface area contributed by atoms with E-state index in [1.165, 1.54) is 32.1 Å². The number of thiazole rings is 1. The van der Waals surface area contributed by atoms with Crippen molar-refractivity contribution in [3.8, 4) is 0 Å². The van der Waals surface area contributed by atoms with Crippen LogP contribution in [0.5, 0.6) is 0 Å². The fraction of sp³-hybridized carbons (Fsp3) is 0.438. The Morgan fingerprint density at radius 1 is 1.33 bits per heavy atom. The molecule has 1 fully saturated rings. The van der Waals surface area contributed by atoms with Crippen LogP contribution in [0.2, 0.25) is 0 Å². The lowest BCUT2D eigenvalue weighted by Gasteiger charge is -2.16. The molecule has 0 radical (unpaired) electrons. The SMILES string of the molecule is Cc1csc(=NC2CCCCC2)n1N=Cc1cccnc1. The van der Waals surface area contributed by atoms with Crippen LogP contribution in [0.4, 0.5) is 0 Å². The van der Waals surface area contributed by atoms with Crippen LogP contribution >= 0.6 is 11.3 Å². The van der Waals surface area contributed by atoms with Gasteiger partial charge in [-0.15, -0.1) is 11.3 Å². The molecule has 0 bridgehead atoms. The molecule has 1 aliphatic rings. The van der Waals surface area contributed by atoms with Crippen molar-refractivity contribution in [2.75, 3.05) is 0 Å². The van der Waals surface area contributed by atoms with E-state index in [0.717, 1.165) is 16.1 Å². The van der Waals surface area contributed by atoms with Gasteiger partial charge in [-0.1, -0.05) is 25.3 Å². The second kappa shape index (κ2) is 6.80. The average molecular weight is 300 g/mol. The maximum atomic E-state index is 4.90. The summed E-state index contributed by atoms with van der Waals surface area (Å²) < 4.78 is 1.94. The summed E-state index contributed by atoms with van der Waals surface area (Å²) in [6.07, 6.45) is 11.8. The van der Waals surface area contributed by atoms with Crippen molar-refractivity contribution < 1.29 is 0 Å². The van der Waals surface area contributed by atoms with Gasteiger partial charge in [-0.2, -0.15) is 5.10 Å². The van der Waals surface area contributed by atoms with E-state index in [4.69, 9.17) is 4.99 Å². The van der Waals surface area contributed by atoms with Crippen molar-refractivity contribution in [2.45, 2.75) is 45.1 Å². The summed E-state index contributed by atoms with van der Waals surface area (Å²) in [6.45, 7) is 2.07. The third-order valence-corrected chi connectivity index (χ3v) is 4.67. The number of pyridine rings is 1. The second-order valence-corrected chi connectivity index (χ2v) is 6.26. The highest BCUT2D eigenvalue weighted by atomic mass is 32.1. The Hall–Kier alpha value is -1.75. The third-order valence-electron chi connectivity index (χ3n) is 3.72. The molecule has 2 aromatic rings. The van der Waals surface area contributed by atoms with Crippen molar-refractivity contribution in [2.24, 2.45) is 10.1 Å². The first kappa shape index (κ1) is 14.2. The summed E-state index contributed by atoms with van der Waals surface area (Å²) in [5, 5.41) is 6.68. The minimum Gasteiger partial charge on any atom is -0.264 e. The van der Waals surface area contributed by atoms with E-state index in [2.05, 4.69) is 22.4 Å². The molecule has 2 aromatic heterocycles. The molecule has 0 amide bonds. The molecule has 0 N–H and O–H groups in total. The zero-order chi connectivity index (χ0) is 14.5. The molecule has 0 aliphatic heterocycles. The molecule has 21 heavy (non-hydrogen) atoms. The van der Waals surface area contributed by atoms with Crippen LogP contribution in [0.15, 0.2) is 40.0 Å². The Kier molecular flexibility index (Phi) is 4.60. The third kappa shape index (κ3) is 3.67. The summed E-state index contributed by atoms with van der Waals surface area (Å²) in [6, 6.07) is 4.38. The standard InChI is InChI=1S/C16H20N4S/c1-13-12-21-16(19-15-7-3-2-4-8-15)20(13)18-11-14-6-5-9-17-10-14/h5-6,9-12,15H,2-4,7-8H2,1H3. The quantitative estimate of drug-likeness (QED) is 0.801. The Morgan fingerprint density at radius 3 is 2.95 bits per heavy atom. The molecule has 4 nitrogen and oxygen atoms in total. The molecule has 5 heteroatoms. The Balaban J connectivity index is 1.86. The summed E-state index contributed by atoms with van der Waals surface area (Å²) in [4.78, 5) is 10.0. The van der Waals surface area contributed by atoms with Crippen LogP contribution in [0.25, 0.3) is 0 Å². The molecule has 0 saturated heterocycles. The lowest BCUT2D eigenvalue weighted by Crippen LogP contribution is -2.19. The monoisotopic (exact) mass is 300 g/mol. The summed E-state index contributed by atoms with van der Waals surface area (Å²) in [5.41, 5.74) is 2.12. The fourth-order valence-corrected chi connectivity index (χ4v) is 3.43. The lowest BCUT2D eigenvalue weighted by atomic mass is 9.96. The van der Waals surface area contributed by atoms with Gasteiger partial charge in [0.25, 0.3) is 0 Å². The van der Waals surface area contributed by atoms with E-state index in [-0.39, 0.29) is 0 Å². The van der Waals surface area contributed by atoms with Gasteiger partial charge in [-0.05, 0) is 25.8 Å². The van der Waals surface area contributed by atoms with E-state index in [0.29, 0.717) is 6.04 Å². The number of hydrogen-bond acceptors (Lipinski definition) is 4. The van der Waals surface area contributed by atoms with E-state index < -0.39 is 0 Å².